The molecule has 2 N–H and O–H groups in total. The molecule has 0 aliphatic heterocycles. The van der Waals surface area contributed by atoms with E-state index in [-0.39, 0.29) is 0 Å². The van der Waals surface area contributed by atoms with E-state index in [9.17, 15) is 0 Å². The topological polar surface area (TPSA) is 43.8 Å². The molecule has 102 valence electrons. The largest absolute Gasteiger partial charge is 0.369 e. The van der Waals surface area contributed by atoms with Crippen LogP contribution in [0.5, 0.6) is 0 Å². The van der Waals surface area contributed by atoms with Crippen molar-refractivity contribution < 1.29 is 0 Å². The number of anilines is 1. The number of rotatable bonds is 5. The van der Waals surface area contributed by atoms with Gasteiger partial charge >= 0.3 is 0 Å². The molecule has 0 amide bonds. The van der Waals surface area contributed by atoms with Crippen LogP contribution in [-0.2, 0) is 6.54 Å². The molecule has 1 aromatic heterocycles. The van der Waals surface area contributed by atoms with Crippen molar-refractivity contribution in [3.05, 3.63) is 35.5 Å². The Kier molecular flexibility index (Phi) is 4.25. The van der Waals surface area contributed by atoms with E-state index in [1.807, 2.05) is 0 Å². The van der Waals surface area contributed by atoms with Gasteiger partial charge in [-0.15, -0.1) is 0 Å². The SMILES string of the molecule is CCCCCn1cc(-c2ccc(C)cc2C)nc1N. The van der Waals surface area contributed by atoms with Gasteiger partial charge in [-0.3, -0.25) is 0 Å². The Morgan fingerprint density at radius 3 is 2.68 bits per heavy atom. The molecule has 1 aromatic carbocycles. The van der Waals surface area contributed by atoms with Gasteiger partial charge in [-0.2, -0.15) is 0 Å². The number of imidazole rings is 1. The van der Waals surface area contributed by atoms with Crippen LogP contribution in [-0.4, -0.2) is 9.55 Å². The van der Waals surface area contributed by atoms with E-state index in [1.165, 1.54) is 29.5 Å². The fraction of sp³-hybridized carbons (Fsp3) is 0.438. The van der Waals surface area contributed by atoms with Gasteiger partial charge in [0, 0.05) is 18.3 Å². The molecular formula is C16H23N3. The fourth-order valence-electron chi connectivity index (χ4n) is 2.37. The smallest absolute Gasteiger partial charge is 0.200 e. The van der Waals surface area contributed by atoms with Crippen molar-refractivity contribution in [2.75, 3.05) is 5.73 Å². The van der Waals surface area contributed by atoms with E-state index in [0.29, 0.717) is 5.95 Å². The number of benzene rings is 1. The summed E-state index contributed by atoms with van der Waals surface area (Å²) in [6.45, 7) is 7.39. The number of hydrogen-bond donors (Lipinski definition) is 1. The monoisotopic (exact) mass is 257 g/mol. The lowest BCUT2D eigenvalue weighted by molar-refractivity contribution is 0.608. The minimum absolute atomic E-state index is 0.617. The maximum absolute atomic E-state index is 5.99. The summed E-state index contributed by atoms with van der Waals surface area (Å²) in [5.74, 6) is 0.617. The minimum atomic E-state index is 0.617. The summed E-state index contributed by atoms with van der Waals surface area (Å²) in [5, 5.41) is 0. The van der Waals surface area contributed by atoms with Gasteiger partial charge in [-0.05, 0) is 25.8 Å². The lowest BCUT2D eigenvalue weighted by atomic mass is 10.0. The normalized spacial score (nSPS) is 10.9. The summed E-state index contributed by atoms with van der Waals surface area (Å²) in [6, 6.07) is 6.43. The van der Waals surface area contributed by atoms with Gasteiger partial charge in [0.15, 0.2) is 0 Å². The Labute approximate surface area is 115 Å². The highest BCUT2D eigenvalue weighted by molar-refractivity contribution is 5.64. The van der Waals surface area contributed by atoms with E-state index in [1.54, 1.807) is 0 Å². The molecule has 3 nitrogen and oxygen atoms in total. The van der Waals surface area contributed by atoms with Crippen LogP contribution >= 0.6 is 0 Å². The van der Waals surface area contributed by atoms with Gasteiger partial charge in [0.05, 0.1) is 5.69 Å². The molecule has 0 fully saturated rings. The average molecular weight is 257 g/mol. The van der Waals surface area contributed by atoms with Crippen molar-refractivity contribution in [3.8, 4) is 11.3 Å². The molecule has 0 saturated heterocycles. The van der Waals surface area contributed by atoms with Gasteiger partial charge < -0.3 is 10.3 Å². The van der Waals surface area contributed by atoms with Crippen LogP contribution in [0.2, 0.25) is 0 Å². The quantitative estimate of drug-likeness (QED) is 0.824. The van der Waals surface area contributed by atoms with Crippen molar-refractivity contribution in [1.29, 1.82) is 0 Å². The molecule has 0 spiro atoms. The highest BCUT2D eigenvalue weighted by Crippen LogP contribution is 2.24. The standard InChI is InChI=1S/C16H23N3/c1-4-5-6-9-19-11-15(18-16(19)17)14-8-7-12(2)10-13(14)3/h7-8,10-11H,4-6,9H2,1-3H3,(H2,17,18). The first kappa shape index (κ1) is 13.7. The molecule has 2 aromatic rings. The summed E-state index contributed by atoms with van der Waals surface area (Å²) in [7, 11) is 0. The zero-order valence-corrected chi connectivity index (χ0v) is 12.1. The maximum atomic E-state index is 5.99. The highest BCUT2D eigenvalue weighted by atomic mass is 15.1. The first-order valence-corrected chi connectivity index (χ1v) is 7.02. The van der Waals surface area contributed by atoms with E-state index in [2.05, 4.69) is 54.7 Å². The average Bonchev–Trinajstić information content (AvgIpc) is 2.71. The lowest BCUT2D eigenvalue weighted by Gasteiger charge is -2.04. The zero-order valence-electron chi connectivity index (χ0n) is 12.1. The number of aromatic nitrogens is 2. The predicted molar refractivity (Wildman–Crippen MR) is 81.1 cm³/mol. The maximum Gasteiger partial charge on any atom is 0.200 e. The van der Waals surface area contributed by atoms with Gasteiger partial charge in [-0.25, -0.2) is 4.98 Å². The number of nitrogen functional groups attached to an aromatic ring is 1. The van der Waals surface area contributed by atoms with Gasteiger partial charge in [0.1, 0.15) is 0 Å². The van der Waals surface area contributed by atoms with Crippen LogP contribution < -0.4 is 5.73 Å². The van der Waals surface area contributed by atoms with Crippen LogP contribution in [0.15, 0.2) is 24.4 Å². The molecule has 0 bridgehead atoms. The van der Waals surface area contributed by atoms with E-state index in [0.717, 1.165) is 18.7 Å². The summed E-state index contributed by atoms with van der Waals surface area (Å²) in [6.07, 6.45) is 5.68. The minimum Gasteiger partial charge on any atom is -0.369 e. The molecule has 0 unspecified atom stereocenters. The van der Waals surface area contributed by atoms with Crippen LogP contribution in [0.1, 0.15) is 37.3 Å². The van der Waals surface area contributed by atoms with Gasteiger partial charge in [0.25, 0.3) is 0 Å². The first-order chi connectivity index (χ1) is 9.11. The Morgan fingerprint density at radius 1 is 1.21 bits per heavy atom. The summed E-state index contributed by atoms with van der Waals surface area (Å²) >= 11 is 0. The van der Waals surface area contributed by atoms with E-state index >= 15 is 0 Å². The summed E-state index contributed by atoms with van der Waals surface area (Å²) in [4.78, 5) is 4.49. The molecule has 0 aliphatic carbocycles. The molecule has 0 radical (unpaired) electrons. The lowest BCUT2D eigenvalue weighted by Crippen LogP contribution is -2.02. The van der Waals surface area contributed by atoms with E-state index in [4.69, 9.17) is 5.73 Å². The van der Waals surface area contributed by atoms with Crippen LogP contribution in [0.3, 0.4) is 0 Å². The summed E-state index contributed by atoms with van der Waals surface area (Å²) in [5.41, 5.74) is 10.7. The van der Waals surface area contributed by atoms with Crippen molar-refractivity contribution in [2.24, 2.45) is 0 Å². The number of nitrogens with zero attached hydrogens (tertiary/aromatic N) is 2. The molecular weight excluding hydrogens is 234 g/mol. The Balaban J connectivity index is 2.23. The highest BCUT2D eigenvalue weighted by Gasteiger charge is 2.09. The Morgan fingerprint density at radius 2 is 2.00 bits per heavy atom. The molecule has 0 saturated carbocycles. The van der Waals surface area contributed by atoms with Crippen LogP contribution in [0.25, 0.3) is 11.3 Å². The molecule has 2 rings (SSSR count). The van der Waals surface area contributed by atoms with Crippen molar-refractivity contribution >= 4 is 5.95 Å². The number of unbranched alkanes of at least 4 members (excludes halogenated alkanes) is 2. The molecule has 19 heavy (non-hydrogen) atoms. The fourth-order valence-corrected chi connectivity index (χ4v) is 2.37. The molecule has 1 heterocycles. The molecule has 3 heteroatoms. The van der Waals surface area contributed by atoms with Crippen molar-refractivity contribution in [3.63, 3.8) is 0 Å². The predicted octanol–water partition coefficient (Wildman–Crippen LogP) is 3.94. The van der Waals surface area contributed by atoms with Crippen LogP contribution in [0, 0.1) is 13.8 Å². The zero-order chi connectivity index (χ0) is 13.8. The van der Waals surface area contributed by atoms with Gasteiger partial charge in [0.2, 0.25) is 5.95 Å². The molecule has 0 atom stereocenters. The third kappa shape index (κ3) is 3.16. The Bertz CT molecular complexity index is 555. The van der Waals surface area contributed by atoms with Crippen molar-refractivity contribution in [2.45, 2.75) is 46.6 Å². The second-order valence-electron chi connectivity index (χ2n) is 5.20. The molecule has 0 aliphatic rings. The van der Waals surface area contributed by atoms with Crippen LogP contribution in [0.4, 0.5) is 5.95 Å². The third-order valence-electron chi connectivity index (χ3n) is 3.47. The van der Waals surface area contributed by atoms with E-state index < -0.39 is 0 Å². The van der Waals surface area contributed by atoms with Gasteiger partial charge in [-0.1, -0.05) is 43.5 Å². The number of nitrogens with two attached hydrogens (primary N) is 1. The third-order valence-corrected chi connectivity index (χ3v) is 3.47. The Hall–Kier alpha value is -1.77. The summed E-state index contributed by atoms with van der Waals surface area (Å²) < 4.78 is 2.06. The second kappa shape index (κ2) is 5.91. The van der Waals surface area contributed by atoms with Crippen molar-refractivity contribution in [1.82, 2.24) is 9.55 Å². The second-order valence-corrected chi connectivity index (χ2v) is 5.20. The number of aryl methyl sites for hydroxylation is 3. The first-order valence-electron chi connectivity index (χ1n) is 7.02. The number of hydrogen-bond acceptors (Lipinski definition) is 2.